The summed E-state index contributed by atoms with van der Waals surface area (Å²) in [7, 11) is 3.48. The Kier molecular flexibility index (Phi) is 7.87. The molecule has 226 valence electrons. The molecule has 4 aromatic rings. The third kappa shape index (κ3) is 5.71. The Morgan fingerprint density at radius 3 is 2.84 bits per heavy atom. The molecule has 0 saturated carbocycles. The molecular formula is C31H37FN8O3. The van der Waals surface area contributed by atoms with Crippen LogP contribution < -0.4 is 15.4 Å². The summed E-state index contributed by atoms with van der Waals surface area (Å²) in [5, 5.41) is 10.4. The summed E-state index contributed by atoms with van der Waals surface area (Å²) in [6, 6.07) is 8.28. The molecule has 2 aliphatic rings. The molecule has 1 aromatic carbocycles. The molecule has 0 radical (unpaired) electrons. The van der Waals surface area contributed by atoms with Gasteiger partial charge in [0.2, 0.25) is 11.8 Å². The van der Waals surface area contributed by atoms with E-state index in [1.165, 1.54) is 4.90 Å². The average Bonchev–Trinajstić information content (AvgIpc) is 3.52. The molecule has 6 rings (SSSR count). The monoisotopic (exact) mass is 588 g/mol. The van der Waals surface area contributed by atoms with Crippen molar-refractivity contribution in [2.75, 3.05) is 32.1 Å². The standard InChI is InChI=1S/C31H37FN8O3/c1-18-6-5-11-43-30-22(15-34-39(30)4)25-13-21(12-19(2)35-25)28(41)37-31-36-24-8-7-20(14-27(24)40(31)17-18)29(42)38(3)26-9-10-33-16-23(26)32/h7-8,12-15,18,23,26,33H,5-6,9-11,16-17H2,1-4H3,(H,36,37,41)/t18-,23-,26-/m1/s1. The second-order valence-corrected chi connectivity index (χ2v) is 11.7. The van der Waals surface area contributed by atoms with E-state index in [2.05, 4.69) is 27.6 Å². The molecule has 0 unspecified atom stereocenters. The number of amides is 2. The number of imidazole rings is 1. The Morgan fingerprint density at radius 2 is 2.02 bits per heavy atom. The number of rotatable bonds is 2. The van der Waals surface area contributed by atoms with E-state index in [-0.39, 0.29) is 24.3 Å². The van der Waals surface area contributed by atoms with Gasteiger partial charge in [0.1, 0.15) is 6.17 Å². The lowest BCUT2D eigenvalue weighted by atomic mass is 10.0. The van der Waals surface area contributed by atoms with E-state index in [0.29, 0.717) is 66.0 Å². The minimum Gasteiger partial charge on any atom is -0.477 e. The second kappa shape index (κ2) is 11.8. The SMILES string of the molecule is Cc1cc2cc(n1)-c1cnn(C)c1OCCC[C@@H](C)Cn1c(nc3ccc(C(=O)N(C)[C@@H]4CCNC[C@H]4F)cc31)NC2=O. The third-order valence-corrected chi connectivity index (χ3v) is 8.36. The summed E-state index contributed by atoms with van der Waals surface area (Å²) in [4.78, 5) is 38.0. The second-order valence-electron chi connectivity index (χ2n) is 11.7. The number of aryl methyl sites for hydroxylation is 2. The first-order chi connectivity index (χ1) is 20.7. The van der Waals surface area contributed by atoms with E-state index in [9.17, 15) is 14.0 Å². The highest BCUT2D eigenvalue weighted by Gasteiger charge is 2.31. The third-order valence-electron chi connectivity index (χ3n) is 8.36. The fourth-order valence-electron chi connectivity index (χ4n) is 6.02. The van der Waals surface area contributed by atoms with E-state index >= 15 is 0 Å². The molecule has 3 aromatic heterocycles. The molecule has 5 heterocycles. The van der Waals surface area contributed by atoms with Gasteiger partial charge in [-0.2, -0.15) is 5.10 Å². The van der Waals surface area contributed by atoms with Gasteiger partial charge in [-0.1, -0.05) is 6.92 Å². The fourth-order valence-corrected chi connectivity index (χ4v) is 6.02. The van der Waals surface area contributed by atoms with Crippen LogP contribution in [0.1, 0.15) is 52.6 Å². The Morgan fingerprint density at radius 1 is 1.19 bits per heavy atom. The van der Waals surface area contributed by atoms with Crippen LogP contribution in [0, 0.1) is 12.8 Å². The number of hydrogen-bond donors (Lipinski definition) is 2. The number of hydrogen-bond acceptors (Lipinski definition) is 7. The quantitative estimate of drug-likeness (QED) is 0.364. The maximum atomic E-state index is 14.6. The van der Waals surface area contributed by atoms with Crippen molar-refractivity contribution in [1.29, 1.82) is 0 Å². The van der Waals surface area contributed by atoms with Gasteiger partial charge < -0.3 is 19.5 Å². The lowest BCUT2D eigenvalue weighted by Gasteiger charge is -2.34. The number of nitrogens with one attached hydrogen (secondary N) is 2. The van der Waals surface area contributed by atoms with Gasteiger partial charge in [0.15, 0.2) is 0 Å². The van der Waals surface area contributed by atoms with Crippen molar-refractivity contribution in [1.82, 2.24) is 34.5 Å². The van der Waals surface area contributed by atoms with Crippen molar-refractivity contribution in [2.45, 2.75) is 51.9 Å². The number of pyridine rings is 1. The van der Waals surface area contributed by atoms with Crippen LogP contribution in [0.2, 0.25) is 0 Å². The Labute approximate surface area is 249 Å². The molecule has 2 bridgehead atoms. The topological polar surface area (TPSA) is 119 Å². The maximum absolute atomic E-state index is 14.6. The predicted octanol–water partition coefficient (Wildman–Crippen LogP) is 3.97. The normalized spacial score (nSPS) is 21.1. The van der Waals surface area contributed by atoms with Gasteiger partial charge in [-0.3, -0.25) is 19.9 Å². The predicted molar refractivity (Wildman–Crippen MR) is 161 cm³/mol. The number of carbonyl (C=O) groups is 2. The minimum atomic E-state index is -1.12. The van der Waals surface area contributed by atoms with Crippen molar-refractivity contribution < 1.29 is 18.7 Å². The van der Waals surface area contributed by atoms with Crippen LogP contribution in [0.3, 0.4) is 0 Å². The fraction of sp³-hybridized carbons (Fsp3) is 0.452. The van der Waals surface area contributed by atoms with Crippen LogP contribution in [0.5, 0.6) is 5.88 Å². The summed E-state index contributed by atoms with van der Waals surface area (Å²) in [6.07, 6.45) is 2.80. The van der Waals surface area contributed by atoms with Crippen LogP contribution in [-0.4, -0.2) is 80.0 Å². The molecule has 2 aliphatic heterocycles. The van der Waals surface area contributed by atoms with E-state index in [4.69, 9.17) is 9.72 Å². The zero-order valence-corrected chi connectivity index (χ0v) is 24.9. The molecule has 2 amide bonds. The number of ether oxygens (including phenoxy) is 1. The maximum Gasteiger partial charge on any atom is 0.258 e. The molecule has 12 heteroatoms. The lowest BCUT2D eigenvalue weighted by molar-refractivity contribution is 0.0572. The van der Waals surface area contributed by atoms with Crippen molar-refractivity contribution in [3.8, 4) is 17.1 Å². The summed E-state index contributed by atoms with van der Waals surface area (Å²) >= 11 is 0. The van der Waals surface area contributed by atoms with Crippen molar-refractivity contribution >= 4 is 28.8 Å². The van der Waals surface area contributed by atoms with Crippen molar-refractivity contribution in [3.63, 3.8) is 0 Å². The van der Waals surface area contributed by atoms with Gasteiger partial charge in [-0.15, -0.1) is 0 Å². The van der Waals surface area contributed by atoms with Crippen LogP contribution in [0.15, 0.2) is 36.5 Å². The van der Waals surface area contributed by atoms with Gasteiger partial charge in [-0.05, 0) is 69.0 Å². The highest BCUT2D eigenvalue weighted by atomic mass is 19.1. The molecule has 0 spiro atoms. The molecule has 1 saturated heterocycles. The summed E-state index contributed by atoms with van der Waals surface area (Å²) in [5.41, 5.74) is 4.27. The lowest BCUT2D eigenvalue weighted by Crippen LogP contribution is -2.51. The Hall–Kier alpha value is -4.32. The largest absolute Gasteiger partial charge is 0.477 e. The minimum absolute atomic E-state index is 0.210. The van der Waals surface area contributed by atoms with Crippen LogP contribution >= 0.6 is 0 Å². The van der Waals surface area contributed by atoms with E-state index < -0.39 is 12.2 Å². The molecule has 3 atom stereocenters. The zero-order valence-electron chi connectivity index (χ0n) is 24.9. The van der Waals surface area contributed by atoms with Gasteiger partial charge in [0.25, 0.3) is 11.8 Å². The van der Waals surface area contributed by atoms with E-state index in [1.807, 2.05) is 18.5 Å². The first-order valence-corrected chi connectivity index (χ1v) is 14.8. The van der Waals surface area contributed by atoms with Gasteiger partial charge in [0.05, 0.1) is 41.1 Å². The zero-order chi connectivity index (χ0) is 30.2. The number of halogens is 1. The number of carbonyl (C=O) groups excluding carboxylic acids is 2. The molecule has 2 N–H and O–H groups in total. The number of benzene rings is 1. The smallest absolute Gasteiger partial charge is 0.258 e. The Bertz CT molecular complexity index is 1680. The number of aromatic nitrogens is 5. The average molecular weight is 589 g/mol. The van der Waals surface area contributed by atoms with Crippen molar-refractivity contribution in [3.05, 3.63) is 53.3 Å². The van der Waals surface area contributed by atoms with Crippen LogP contribution in [-0.2, 0) is 13.6 Å². The number of nitrogens with zero attached hydrogens (tertiary/aromatic N) is 6. The van der Waals surface area contributed by atoms with Crippen LogP contribution in [0.25, 0.3) is 22.3 Å². The number of alkyl halides is 1. The van der Waals surface area contributed by atoms with Gasteiger partial charge >= 0.3 is 0 Å². The van der Waals surface area contributed by atoms with Gasteiger partial charge in [0, 0.05) is 44.0 Å². The van der Waals surface area contributed by atoms with Crippen molar-refractivity contribution in [2.24, 2.45) is 13.0 Å². The van der Waals surface area contributed by atoms with E-state index in [0.717, 1.165) is 23.9 Å². The molecule has 1 fully saturated rings. The Balaban J connectivity index is 1.38. The molecule has 0 aliphatic carbocycles. The highest BCUT2D eigenvalue weighted by Crippen LogP contribution is 2.31. The first kappa shape index (κ1) is 28.8. The number of fused-ring (bicyclic) bond motifs is 7. The summed E-state index contributed by atoms with van der Waals surface area (Å²) < 4.78 is 24.4. The van der Waals surface area contributed by atoms with E-state index in [1.54, 1.807) is 48.3 Å². The summed E-state index contributed by atoms with van der Waals surface area (Å²) in [6.45, 7) is 5.96. The summed E-state index contributed by atoms with van der Waals surface area (Å²) in [5.74, 6) is 0.648. The first-order valence-electron chi connectivity index (χ1n) is 14.8. The highest BCUT2D eigenvalue weighted by molar-refractivity contribution is 6.05. The molecule has 43 heavy (non-hydrogen) atoms. The molecule has 11 nitrogen and oxygen atoms in total. The number of piperidine rings is 1. The number of anilines is 1. The molecular weight excluding hydrogens is 551 g/mol. The van der Waals surface area contributed by atoms with Gasteiger partial charge in [-0.25, -0.2) is 14.1 Å². The van der Waals surface area contributed by atoms with Crippen LogP contribution in [0.4, 0.5) is 10.3 Å².